The van der Waals surface area contributed by atoms with Crippen molar-refractivity contribution in [1.29, 1.82) is 0 Å². The Bertz CT molecular complexity index is 3320. The summed E-state index contributed by atoms with van der Waals surface area (Å²) in [5.41, 5.74) is -7.69. The molecule has 21 nitrogen and oxygen atoms in total. The number of ketones is 1. The zero-order valence-corrected chi connectivity index (χ0v) is 51.3. The third-order valence-corrected chi connectivity index (χ3v) is 20.7. The first-order valence-corrected chi connectivity index (χ1v) is 31.6. The molecule has 2 saturated carbocycles. The number of amides is 1. The molecule has 2 heterocycles. The largest absolute Gasteiger partial charge is 0.461 e. The highest BCUT2D eigenvalue weighted by Crippen LogP contribution is 2.64. The number of carbonyl (C=O) groups excluding carboxylic acids is 7. The van der Waals surface area contributed by atoms with Gasteiger partial charge in [-0.1, -0.05) is 121 Å². The van der Waals surface area contributed by atoms with Gasteiger partial charge in [-0.25, -0.2) is 19.4 Å². The van der Waals surface area contributed by atoms with Crippen LogP contribution in [0.15, 0.2) is 126 Å². The smallest absolute Gasteiger partial charge is 0.341 e. The molecule has 5 unspecified atom stereocenters. The first-order valence-electron chi connectivity index (χ1n) is 29.2. The number of hydrogen-bond donors (Lipinski definition) is 3. The maximum absolute atomic E-state index is 15.9. The van der Waals surface area contributed by atoms with Crippen LogP contribution in [0.3, 0.4) is 0 Å². The van der Waals surface area contributed by atoms with Crippen LogP contribution >= 0.6 is 21.6 Å². The van der Waals surface area contributed by atoms with Crippen LogP contribution in [-0.2, 0) is 68.8 Å². The lowest BCUT2D eigenvalue weighted by atomic mass is 9.44. The van der Waals surface area contributed by atoms with Gasteiger partial charge in [0.05, 0.1) is 51.7 Å². The van der Waals surface area contributed by atoms with Gasteiger partial charge in [-0.3, -0.25) is 34.1 Å². The number of nitrogens with one attached hydrogen (secondary N) is 1. The number of esters is 5. The molecule has 5 aliphatic rings. The van der Waals surface area contributed by atoms with E-state index in [1.165, 1.54) is 50.3 Å². The van der Waals surface area contributed by atoms with Crippen LogP contribution in [0.4, 0.5) is 5.69 Å². The van der Waals surface area contributed by atoms with Gasteiger partial charge < -0.3 is 44.0 Å². The number of rotatable bonds is 23. The summed E-state index contributed by atoms with van der Waals surface area (Å²) in [6.45, 7) is 7.02. The van der Waals surface area contributed by atoms with Gasteiger partial charge in [0.25, 0.3) is 11.6 Å². The minimum Gasteiger partial charge on any atom is -0.461 e. The molecule has 88 heavy (non-hydrogen) atoms. The molecule has 23 heteroatoms. The first-order chi connectivity index (χ1) is 42.0. The van der Waals surface area contributed by atoms with Crippen LogP contribution in [0.5, 0.6) is 0 Å². The van der Waals surface area contributed by atoms with Gasteiger partial charge >= 0.3 is 29.8 Å². The summed E-state index contributed by atoms with van der Waals surface area (Å²) < 4.78 is 36.6. The zero-order chi connectivity index (χ0) is 63.1. The average Bonchev–Trinajstić information content (AvgIpc) is 0.701. The van der Waals surface area contributed by atoms with Crippen molar-refractivity contribution < 1.29 is 86.9 Å². The molecule has 0 spiro atoms. The number of ether oxygens (including phenoxy) is 6. The van der Waals surface area contributed by atoms with Crippen molar-refractivity contribution in [2.45, 2.75) is 152 Å². The van der Waals surface area contributed by atoms with Crippen LogP contribution in [0.1, 0.15) is 130 Å². The van der Waals surface area contributed by atoms with Gasteiger partial charge in [-0.2, -0.15) is 0 Å². The van der Waals surface area contributed by atoms with E-state index in [0.717, 1.165) is 38.9 Å². The highest BCUT2D eigenvalue weighted by molar-refractivity contribution is 8.77. The molecule has 2 aliphatic heterocycles. The average molecular weight is 1250 g/mol. The number of nitro benzene ring substituents is 1. The lowest BCUT2D eigenvalue weighted by molar-refractivity contribution is -0.386. The number of fused-ring (bicyclic) bond motifs is 5. The summed E-state index contributed by atoms with van der Waals surface area (Å²) in [6.07, 6.45) is -4.39. The molecule has 3 N–H and O–H groups in total. The number of nitro groups is 1. The Labute approximate surface area is 517 Å². The normalized spacial score (nSPS) is 27.6. The second-order valence-electron chi connectivity index (χ2n) is 23.5. The summed E-state index contributed by atoms with van der Waals surface area (Å²) in [6, 6.07) is 27.2. The van der Waals surface area contributed by atoms with Gasteiger partial charge in [0.15, 0.2) is 17.5 Å². The standard InChI is InChI=1S/C65H72N2O19S2/c1-38-47(35-65(76)58(84-60(74)44-24-14-9-15-25-44)56-63(6,48(70)34-49-64(56,37-80-49)85-40(3)69)57(72)54(82-39(2)68)51(38)62(65,4)5)83-61(75)55(52(41-20-10-7-11-21-41)66-59(73)43-22-12-8-13-23-43)86-81-32-19-28-42-26-18-27-45(53(42)67(77)78)36-79-50(71)30-17-16-29-46-31-33-87-88-46/h7-15,18-28,46-49,52,54-56,58,70,76H,16-17,29-37H2,1-6H3,(H,66,73)/b28-19+/t46?,47-,48-,49?,52-,54?,55+,56-,58-,63?,64-,65?/m0/s1. The number of aliphatic hydroxyl groups excluding tert-OH is 1. The first kappa shape index (κ1) is 65.2. The van der Waals surface area contributed by atoms with Crippen molar-refractivity contribution >= 4 is 74.9 Å². The van der Waals surface area contributed by atoms with E-state index in [2.05, 4.69) is 5.32 Å². The molecular weight excluding hydrogens is 1180 g/mol. The van der Waals surface area contributed by atoms with Crippen LogP contribution < -0.4 is 5.32 Å². The molecule has 12 atom stereocenters. The molecule has 1 amide bonds. The fourth-order valence-corrected chi connectivity index (χ4v) is 16.1. The lowest BCUT2D eigenvalue weighted by Gasteiger charge is -2.67. The number of Topliss-reactive ketones (excluding diaryl/α,β-unsaturated/α-hetero) is 1. The van der Waals surface area contributed by atoms with Crippen LogP contribution in [0.25, 0.3) is 6.08 Å². The molecule has 4 aromatic carbocycles. The predicted octanol–water partition coefficient (Wildman–Crippen LogP) is 9.07. The van der Waals surface area contributed by atoms with Crippen molar-refractivity contribution in [2.75, 3.05) is 19.0 Å². The molecule has 2 saturated heterocycles. The minimum atomic E-state index is -2.50. The molecule has 4 fully saturated rings. The topological polar surface area (TPSA) is 289 Å². The molecule has 0 radical (unpaired) electrons. The van der Waals surface area contributed by atoms with Crippen molar-refractivity contribution in [2.24, 2.45) is 16.7 Å². The minimum absolute atomic E-state index is 0.0276. The molecule has 3 aliphatic carbocycles. The van der Waals surface area contributed by atoms with E-state index in [4.69, 9.17) is 38.2 Å². The highest BCUT2D eigenvalue weighted by Gasteiger charge is 2.78. The number of para-hydroxylation sites is 1. The number of aliphatic hydroxyl groups is 2. The van der Waals surface area contributed by atoms with E-state index in [0.29, 0.717) is 17.2 Å². The van der Waals surface area contributed by atoms with Crippen molar-refractivity contribution in [1.82, 2.24) is 5.32 Å². The van der Waals surface area contributed by atoms with Crippen LogP contribution in [-0.4, -0.2) is 129 Å². The summed E-state index contributed by atoms with van der Waals surface area (Å²) in [5.74, 6) is -6.49. The van der Waals surface area contributed by atoms with Gasteiger partial charge in [-0.15, -0.1) is 0 Å². The summed E-state index contributed by atoms with van der Waals surface area (Å²) in [5, 5.41) is 42.4. The van der Waals surface area contributed by atoms with Gasteiger partial charge in [0.1, 0.15) is 37.1 Å². The second-order valence-corrected chi connectivity index (χ2v) is 26.2. The fraction of sp³-hybridized carbons (Fsp3) is 0.462. The van der Waals surface area contributed by atoms with E-state index in [-0.39, 0.29) is 65.1 Å². The number of unbranched alkanes of at least 4 members (excludes halogenated alkanes) is 1. The SMILES string of the molecule is CC(=O)OC1C(=O)C2(C)[C@@H](O)CC3OC[C@@]3(OC(C)=O)[C@H]2[C@H](OC(=O)c2ccccc2)C2(O)C[C@H](OC(=O)[C@H](OOC/C=C/c3cccc(COC(=O)CCCCC4CCSS4)c3[N+](=O)[O-])[C@@H](NC(=O)c3ccccc3)c3ccccc3)C(C)=C1C2(C)C. The predicted molar refractivity (Wildman–Crippen MR) is 321 cm³/mol. The summed E-state index contributed by atoms with van der Waals surface area (Å²) in [7, 11) is 3.72. The van der Waals surface area contributed by atoms with E-state index in [9.17, 15) is 44.3 Å². The Hall–Kier alpha value is -7.25. The Morgan fingerprint density at radius 1 is 0.875 bits per heavy atom. The number of nitrogens with zero attached hydrogens (tertiary/aromatic N) is 1. The van der Waals surface area contributed by atoms with Crippen LogP contribution in [0.2, 0.25) is 0 Å². The summed E-state index contributed by atoms with van der Waals surface area (Å²) >= 11 is 0. The highest BCUT2D eigenvalue weighted by atomic mass is 33.1. The number of benzene rings is 4. The van der Waals surface area contributed by atoms with Crippen molar-refractivity contribution in [3.05, 3.63) is 164 Å². The van der Waals surface area contributed by atoms with E-state index in [1.807, 2.05) is 21.6 Å². The van der Waals surface area contributed by atoms with Gasteiger partial charge in [0, 0.05) is 55.1 Å². The number of hydrogen-bond acceptors (Lipinski definition) is 21. The van der Waals surface area contributed by atoms with Crippen molar-refractivity contribution in [3.63, 3.8) is 0 Å². The molecule has 4 aromatic rings. The summed E-state index contributed by atoms with van der Waals surface area (Å²) in [4.78, 5) is 123. The molecule has 468 valence electrons. The Balaban J connectivity index is 1.07. The van der Waals surface area contributed by atoms with Gasteiger partial charge in [-0.05, 0) is 92.3 Å². The molecule has 2 bridgehead atoms. The Morgan fingerprint density at radius 3 is 2.18 bits per heavy atom. The molecular formula is C65H72N2O19S2. The number of carbonyl (C=O) groups is 7. The van der Waals surface area contributed by atoms with Crippen molar-refractivity contribution in [3.8, 4) is 0 Å². The third-order valence-electron chi connectivity index (χ3n) is 17.7. The fourth-order valence-electron chi connectivity index (χ4n) is 13.1. The molecule has 0 aromatic heterocycles. The van der Waals surface area contributed by atoms with E-state index in [1.54, 1.807) is 98.8 Å². The Kier molecular flexibility index (Phi) is 20.5. The zero-order valence-electron chi connectivity index (χ0n) is 49.6. The second kappa shape index (κ2) is 27.6. The van der Waals surface area contributed by atoms with E-state index >= 15 is 9.59 Å². The maximum atomic E-state index is 15.9. The third kappa shape index (κ3) is 13.4. The van der Waals surface area contributed by atoms with Gasteiger partial charge in [0.2, 0.25) is 6.10 Å². The lowest BCUT2D eigenvalue weighted by Crippen LogP contribution is -2.82. The Morgan fingerprint density at radius 2 is 1.56 bits per heavy atom. The monoisotopic (exact) mass is 1250 g/mol. The van der Waals surface area contributed by atoms with E-state index < -0.39 is 130 Å². The molecule has 9 rings (SSSR count). The maximum Gasteiger partial charge on any atom is 0.341 e. The quantitative estimate of drug-likeness (QED) is 0.00911. The van der Waals surface area contributed by atoms with Crippen LogP contribution in [0, 0.1) is 26.9 Å².